The number of nitrogen functional groups attached to an aromatic ring is 1. The number of amides is 1. The highest BCUT2D eigenvalue weighted by Gasteiger charge is 2.33. The SMILES string of the molecule is NN(C(=O)C1=CNCO1)c1cc(-c2c(N(N)c3ccccc3)c3c(n2N)COCC3=O)ccn1. The summed E-state index contributed by atoms with van der Waals surface area (Å²) >= 11 is 0. The number of aromatic nitrogens is 2. The van der Waals surface area contributed by atoms with Gasteiger partial charge >= 0.3 is 5.91 Å². The molecule has 1 aromatic carbocycles. The molecule has 0 saturated heterocycles. The van der Waals surface area contributed by atoms with Crippen LogP contribution in [0.5, 0.6) is 0 Å². The van der Waals surface area contributed by atoms with Crippen LogP contribution in [0.1, 0.15) is 16.1 Å². The Labute approximate surface area is 194 Å². The molecule has 2 aliphatic heterocycles. The number of hydrogen-bond acceptors (Lipinski definition) is 10. The van der Waals surface area contributed by atoms with Crippen LogP contribution in [0.3, 0.4) is 0 Å². The van der Waals surface area contributed by atoms with Gasteiger partial charge in [0.25, 0.3) is 0 Å². The second-order valence-electron chi connectivity index (χ2n) is 7.59. The molecule has 0 spiro atoms. The number of hydrazine groups is 2. The molecule has 4 heterocycles. The summed E-state index contributed by atoms with van der Waals surface area (Å²) in [5, 5.41) is 5.07. The Balaban J connectivity index is 1.64. The van der Waals surface area contributed by atoms with Crippen LogP contribution in [0.15, 0.2) is 60.6 Å². The maximum Gasteiger partial charge on any atom is 0.310 e. The van der Waals surface area contributed by atoms with Gasteiger partial charge < -0.3 is 20.6 Å². The van der Waals surface area contributed by atoms with Crippen molar-refractivity contribution in [3.05, 3.63) is 71.9 Å². The molecule has 0 aliphatic carbocycles. The second-order valence-corrected chi connectivity index (χ2v) is 7.59. The highest BCUT2D eigenvalue weighted by Crippen LogP contribution is 2.41. The van der Waals surface area contributed by atoms with Crippen LogP contribution in [-0.2, 0) is 20.9 Å². The van der Waals surface area contributed by atoms with Gasteiger partial charge in [-0.2, -0.15) is 0 Å². The summed E-state index contributed by atoms with van der Waals surface area (Å²) in [5.74, 6) is 18.4. The quantitative estimate of drug-likeness (QED) is 0.240. The average molecular weight is 462 g/mol. The molecular weight excluding hydrogens is 440 g/mol. The first-order valence-corrected chi connectivity index (χ1v) is 10.3. The lowest BCUT2D eigenvalue weighted by Gasteiger charge is -2.22. The van der Waals surface area contributed by atoms with Crippen molar-refractivity contribution in [3.63, 3.8) is 0 Å². The Hall–Kier alpha value is -4.39. The Morgan fingerprint density at radius 1 is 1.15 bits per heavy atom. The third-order valence-electron chi connectivity index (χ3n) is 5.55. The van der Waals surface area contributed by atoms with Gasteiger partial charge in [0, 0.05) is 18.0 Å². The highest BCUT2D eigenvalue weighted by molar-refractivity contribution is 6.08. The Kier molecular flexibility index (Phi) is 5.37. The minimum atomic E-state index is -0.578. The first-order chi connectivity index (χ1) is 16.5. The van der Waals surface area contributed by atoms with Gasteiger partial charge in [0.2, 0.25) is 5.76 Å². The van der Waals surface area contributed by atoms with Gasteiger partial charge in [0.15, 0.2) is 18.3 Å². The predicted octanol–water partition coefficient (Wildman–Crippen LogP) is 0.614. The normalized spacial score (nSPS) is 14.6. The second kappa shape index (κ2) is 8.51. The fourth-order valence-corrected chi connectivity index (χ4v) is 3.94. The fourth-order valence-electron chi connectivity index (χ4n) is 3.94. The molecule has 0 fully saturated rings. The summed E-state index contributed by atoms with van der Waals surface area (Å²) in [6.07, 6.45) is 2.92. The lowest BCUT2D eigenvalue weighted by molar-refractivity contribution is -0.118. The van der Waals surface area contributed by atoms with Crippen LogP contribution in [0.25, 0.3) is 11.3 Å². The van der Waals surface area contributed by atoms with Crippen molar-refractivity contribution < 1.29 is 19.1 Å². The van der Waals surface area contributed by atoms with E-state index in [0.29, 0.717) is 33.9 Å². The molecular formula is C22H22N8O4. The number of Topliss-reactive ketones (excluding diaryl/α,β-unsaturated/α-hetero) is 1. The van der Waals surface area contributed by atoms with E-state index in [-0.39, 0.29) is 37.3 Å². The molecule has 5 rings (SSSR count). The third kappa shape index (κ3) is 3.51. The molecule has 7 N–H and O–H groups in total. The van der Waals surface area contributed by atoms with E-state index in [4.69, 9.17) is 27.0 Å². The third-order valence-corrected chi connectivity index (χ3v) is 5.55. The standard InChI is InChI=1S/C22H22N8O4/c23-28(14-4-2-1-3-5-14)21-19-15(10-33-11-16(19)31)29(24)20(21)13-6-7-27-18(8-13)30(25)22(32)17-9-26-12-34-17/h1-9,26H,10-12,23-25H2. The molecule has 12 heteroatoms. The van der Waals surface area contributed by atoms with E-state index in [1.165, 1.54) is 22.1 Å². The number of carbonyl (C=O) groups excluding carboxylic acids is 2. The number of rotatable bonds is 5. The largest absolute Gasteiger partial charge is 0.466 e. The predicted molar refractivity (Wildman–Crippen MR) is 123 cm³/mol. The maximum absolute atomic E-state index is 12.9. The number of carbonyl (C=O) groups is 2. The zero-order valence-corrected chi connectivity index (χ0v) is 18.0. The lowest BCUT2D eigenvalue weighted by Crippen LogP contribution is -2.39. The molecule has 12 nitrogen and oxygen atoms in total. The van der Waals surface area contributed by atoms with Gasteiger partial charge in [-0.3, -0.25) is 19.3 Å². The van der Waals surface area contributed by atoms with E-state index in [2.05, 4.69) is 10.3 Å². The fraction of sp³-hybridized carbons (Fsp3) is 0.136. The van der Waals surface area contributed by atoms with Gasteiger partial charge in [0.05, 0.1) is 34.9 Å². The number of benzene rings is 1. The number of nitrogens with zero attached hydrogens (tertiary/aromatic N) is 4. The molecule has 0 atom stereocenters. The van der Waals surface area contributed by atoms with Crippen molar-refractivity contribution in [1.29, 1.82) is 0 Å². The monoisotopic (exact) mass is 462 g/mol. The van der Waals surface area contributed by atoms with E-state index in [1.807, 2.05) is 30.3 Å². The summed E-state index contributed by atoms with van der Waals surface area (Å²) in [7, 11) is 0. The van der Waals surface area contributed by atoms with Crippen molar-refractivity contribution in [2.45, 2.75) is 6.61 Å². The first kappa shape index (κ1) is 21.5. The zero-order valence-electron chi connectivity index (χ0n) is 18.0. The molecule has 0 radical (unpaired) electrons. The van der Waals surface area contributed by atoms with Crippen molar-refractivity contribution in [2.75, 3.05) is 29.2 Å². The van der Waals surface area contributed by atoms with E-state index in [1.54, 1.807) is 12.1 Å². The molecule has 0 unspecified atom stereocenters. The van der Waals surface area contributed by atoms with Crippen LogP contribution >= 0.6 is 0 Å². The number of para-hydroxylation sites is 1. The average Bonchev–Trinajstić information content (AvgIpc) is 3.51. The Morgan fingerprint density at radius 2 is 1.94 bits per heavy atom. The van der Waals surface area contributed by atoms with Crippen molar-refractivity contribution in [3.8, 4) is 11.3 Å². The van der Waals surface area contributed by atoms with Crippen LogP contribution in [0.4, 0.5) is 17.2 Å². The number of nitrogens with one attached hydrogen (secondary N) is 1. The summed E-state index contributed by atoms with van der Waals surface area (Å²) in [5.41, 5.74) is 2.91. The van der Waals surface area contributed by atoms with E-state index < -0.39 is 5.91 Å². The van der Waals surface area contributed by atoms with E-state index in [0.717, 1.165) is 5.01 Å². The molecule has 0 saturated carbocycles. The maximum atomic E-state index is 12.9. The van der Waals surface area contributed by atoms with E-state index >= 15 is 0 Å². The van der Waals surface area contributed by atoms with Gasteiger partial charge in [-0.1, -0.05) is 18.2 Å². The van der Waals surface area contributed by atoms with Crippen LogP contribution in [0, 0.1) is 0 Å². The topological polar surface area (TPSA) is 167 Å². The summed E-state index contributed by atoms with van der Waals surface area (Å²) in [6.45, 7) is 0.243. The van der Waals surface area contributed by atoms with Crippen molar-refractivity contribution in [1.82, 2.24) is 15.0 Å². The van der Waals surface area contributed by atoms with Gasteiger partial charge in [-0.15, -0.1) is 0 Å². The molecule has 2 aliphatic rings. The number of fused-ring (bicyclic) bond motifs is 1. The number of hydrogen-bond donors (Lipinski definition) is 4. The van der Waals surface area contributed by atoms with Crippen molar-refractivity contribution >= 4 is 28.9 Å². The summed E-state index contributed by atoms with van der Waals surface area (Å²) in [4.78, 5) is 29.7. The molecule has 174 valence electrons. The number of pyridine rings is 1. The summed E-state index contributed by atoms with van der Waals surface area (Å²) in [6, 6.07) is 12.4. The Morgan fingerprint density at radius 3 is 2.68 bits per heavy atom. The molecule has 3 aromatic rings. The summed E-state index contributed by atoms with van der Waals surface area (Å²) < 4.78 is 12.0. The van der Waals surface area contributed by atoms with Gasteiger partial charge in [-0.25, -0.2) is 21.7 Å². The molecule has 2 aromatic heterocycles. The van der Waals surface area contributed by atoms with E-state index in [9.17, 15) is 9.59 Å². The van der Waals surface area contributed by atoms with Crippen LogP contribution in [-0.4, -0.2) is 34.7 Å². The number of ketones is 1. The van der Waals surface area contributed by atoms with Gasteiger partial charge in [-0.05, 0) is 24.3 Å². The molecule has 34 heavy (non-hydrogen) atoms. The number of anilines is 3. The van der Waals surface area contributed by atoms with Crippen LogP contribution in [0.2, 0.25) is 0 Å². The Bertz CT molecular complexity index is 1300. The number of ether oxygens (including phenoxy) is 2. The minimum absolute atomic E-state index is 0.0630. The van der Waals surface area contributed by atoms with Crippen LogP contribution < -0.4 is 32.9 Å². The highest BCUT2D eigenvalue weighted by atomic mass is 16.5. The van der Waals surface area contributed by atoms with Crippen molar-refractivity contribution in [2.24, 2.45) is 11.7 Å². The first-order valence-electron chi connectivity index (χ1n) is 10.3. The molecule has 0 bridgehead atoms. The zero-order chi connectivity index (χ0) is 23.8. The number of nitrogens with two attached hydrogens (primary N) is 3. The van der Waals surface area contributed by atoms with Gasteiger partial charge in [0.1, 0.15) is 6.61 Å². The minimum Gasteiger partial charge on any atom is -0.466 e. The lowest BCUT2D eigenvalue weighted by atomic mass is 10.0. The molecule has 1 amide bonds. The smallest absolute Gasteiger partial charge is 0.310 e.